The molecule has 22 heavy (non-hydrogen) atoms. The van der Waals surface area contributed by atoms with Crippen LogP contribution in [0.25, 0.3) is 0 Å². The van der Waals surface area contributed by atoms with Gasteiger partial charge in [-0.15, -0.1) is 0 Å². The number of benzene rings is 1. The first-order valence-corrected chi connectivity index (χ1v) is 7.19. The quantitative estimate of drug-likeness (QED) is 0.844. The Balaban J connectivity index is 2.99. The molecule has 1 atom stereocenters. The molecule has 0 unspecified atom stereocenters. The van der Waals surface area contributed by atoms with Crippen molar-refractivity contribution in [2.24, 2.45) is 0 Å². The second kappa shape index (κ2) is 7.98. The van der Waals surface area contributed by atoms with Crippen molar-refractivity contribution >= 4 is 23.6 Å². The standard InChI is InChI=1S/C15H20ClFN2O3/c1-9(2)19(3)15(21)18-13(8-14(20)22-4)10-5-6-11(16)12(17)7-10/h5-7,9,13H,8H2,1-4H3,(H,18,21)/t13-/m0/s1. The van der Waals surface area contributed by atoms with Crippen LogP contribution < -0.4 is 5.32 Å². The van der Waals surface area contributed by atoms with Gasteiger partial charge in [-0.05, 0) is 31.5 Å². The van der Waals surface area contributed by atoms with E-state index in [1.165, 1.54) is 24.1 Å². The fourth-order valence-electron chi connectivity index (χ4n) is 1.72. The van der Waals surface area contributed by atoms with E-state index in [1.807, 2.05) is 13.8 Å². The van der Waals surface area contributed by atoms with Crippen molar-refractivity contribution in [3.8, 4) is 0 Å². The predicted octanol–water partition coefficient (Wildman–Crippen LogP) is 3.13. The minimum absolute atomic E-state index is 0.0132. The number of hydrogen-bond acceptors (Lipinski definition) is 3. The van der Waals surface area contributed by atoms with Gasteiger partial charge < -0.3 is 15.0 Å². The third-order valence-corrected chi connectivity index (χ3v) is 3.64. The first-order valence-electron chi connectivity index (χ1n) is 6.81. The lowest BCUT2D eigenvalue weighted by Gasteiger charge is -2.26. The summed E-state index contributed by atoms with van der Waals surface area (Å²) in [5, 5.41) is 2.68. The molecule has 2 amide bonds. The fourth-order valence-corrected chi connectivity index (χ4v) is 1.83. The van der Waals surface area contributed by atoms with Crippen LogP contribution in [0.1, 0.15) is 31.9 Å². The summed E-state index contributed by atoms with van der Waals surface area (Å²) in [6.45, 7) is 3.72. The highest BCUT2D eigenvalue weighted by Gasteiger charge is 2.22. The summed E-state index contributed by atoms with van der Waals surface area (Å²) in [4.78, 5) is 25.1. The summed E-state index contributed by atoms with van der Waals surface area (Å²) < 4.78 is 18.2. The number of ether oxygens (including phenoxy) is 1. The molecule has 0 aliphatic rings. The monoisotopic (exact) mass is 330 g/mol. The highest BCUT2D eigenvalue weighted by atomic mass is 35.5. The van der Waals surface area contributed by atoms with Gasteiger partial charge in [-0.2, -0.15) is 0 Å². The van der Waals surface area contributed by atoms with E-state index in [0.29, 0.717) is 5.56 Å². The van der Waals surface area contributed by atoms with Crippen molar-refractivity contribution < 1.29 is 18.7 Å². The maximum atomic E-state index is 13.6. The van der Waals surface area contributed by atoms with E-state index >= 15 is 0 Å². The van der Waals surface area contributed by atoms with Crippen LogP contribution in [0.15, 0.2) is 18.2 Å². The molecule has 7 heteroatoms. The summed E-state index contributed by atoms with van der Waals surface area (Å²) in [6, 6.07) is 3.07. The van der Waals surface area contributed by atoms with Gasteiger partial charge in [-0.1, -0.05) is 17.7 Å². The number of nitrogens with zero attached hydrogens (tertiary/aromatic N) is 1. The number of nitrogens with one attached hydrogen (secondary N) is 1. The largest absolute Gasteiger partial charge is 0.469 e. The Morgan fingerprint density at radius 2 is 2.05 bits per heavy atom. The van der Waals surface area contributed by atoms with E-state index in [0.717, 1.165) is 0 Å². The van der Waals surface area contributed by atoms with Gasteiger partial charge in [0.25, 0.3) is 0 Å². The zero-order valence-corrected chi connectivity index (χ0v) is 13.8. The molecule has 0 spiro atoms. The molecule has 1 rings (SSSR count). The molecular weight excluding hydrogens is 311 g/mol. The van der Waals surface area contributed by atoms with Crippen LogP contribution in [0.5, 0.6) is 0 Å². The number of carbonyl (C=O) groups excluding carboxylic acids is 2. The number of halogens is 2. The first kappa shape index (κ1) is 18.2. The molecule has 0 saturated heterocycles. The van der Waals surface area contributed by atoms with Gasteiger partial charge in [-0.3, -0.25) is 4.79 Å². The van der Waals surface area contributed by atoms with Gasteiger partial charge >= 0.3 is 12.0 Å². The second-order valence-electron chi connectivity index (χ2n) is 5.16. The molecule has 0 aliphatic heterocycles. The van der Waals surface area contributed by atoms with Gasteiger partial charge in [0.2, 0.25) is 0 Å². The molecular formula is C15H20ClFN2O3. The van der Waals surface area contributed by atoms with Gasteiger partial charge in [-0.25, -0.2) is 9.18 Å². The topological polar surface area (TPSA) is 58.6 Å². The highest BCUT2D eigenvalue weighted by molar-refractivity contribution is 6.30. The second-order valence-corrected chi connectivity index (χ2v) is 5.57. The molecule has 0 fully saturated rings. The lowest BCUT2D eigenvalue weighted by atomic mass is 10.0. The number of urea groups is 1. The molecule has 1 aromatic rings. The van der Waals surface area contributed by atoms with Gasteiger partial charge in [0.1, 0.15) is 5.82 Å². The van der Waals surface area contributed by atoms with Gasteiger partial charge in [0.05, 0.1) is 24.6 Å². The molecule has 1 N–H and O–H groups in total. The van der Waals surface area contributed by atoms with E-state index in [4.69, 9.17) is 11.6 Å². The molecule has 0 radical (unpaired) electrons. The number of rotatable bonds is 5. The van der Waals surface area contributed by atoms with Crippen LogP contribution in [-0.4, -0.2) is 37.1 Å². The normalized spacial score (nSPS) is 12.0. The Bertz CT molecular complexity index is 552. The molecule has 0 bridgehead atoms. The zero-order valence-electron chi connectivity index (χ0n) is 13.0. The Morgan fingerprint density at radius 1 is 1.41 bits per heavy atom. The number of esters is 1. The molecule has 1 aromatic carbocycles. The Hall–Kier alpha value is -1.82. The van der Waals surface area contributed by atoms with Crippen LogP contribution in [0, 0.1) is 5.82 Å². The molecule has 0 saturated carbocycles. The van der Waals surface area contributed by atoms with Crippen LogP contribution >= 0.6 is 11.6 Å². The smallest absolute Gasteiger partial charge is 0.317 e. The van der Waals surface area contributed by atoms with Crippen LogP contribution in [0.2, 0.25) is 5.02 Å². The SMILES string of the molecule is COC(=O)C[C@H](NC(=O)N(C)C(C)C)c1ccc(Cl)c(F)c1. The van der Waals surface area contributed by atoms with Gasteiger partial charge in [0.15, 0.2) is 0 Å². The van der Waals surface area contributed by atoms with E-state index in [-0.39, 0.29) is 23.5 Å². The van der Waals surface area contributed by atoms with E-state index < -0.39 is 17.8 Å². The average Bonchev–Trinajstić information content (AvgIpc) is 2.48. The fraction of sp³-hybridized carbons (Fsp3) is 0.467. The molecule has 5 nitrogen and oxygen atoms in total. The Kier molecular flexibility index (Phi) is 6.61. The maximum absolute atomic E-state index is 13.6. The zero-order chi connectivity index (χ0) is 16.9. The van der Waals surface area contributed by atoms with Crippen LogP contribution in [-0.2, 0) is 9.53 Å². The third kappa shape index (κ3) is 4.87. The van der Waals surface area contributed by atoms with E-state index in [2.05, 4.69) is 10.1 Å². The van der Waals surface area contributed by atoms with Crippen molar-refractivity contribution in [3.05, 3.63) is 34.6 Å². The van der Waals surface area contributed by atoms with Crippen LogP contribution in [0.3, 0.4) is 0 Å². The summed E-state index contributed by atoms with van der Waals surface area (Å²) in [5.41, 5.74) is 0.442. The third-order valence-electron chi connectivity index (χ3n) is 3.34. The minimum Gasteiger partial charge on any atom is -0.469 e. The predicted molar refractivity (Wildman–Crippen MR) is 82.2 cm³/mol. The van der Waals surface area contributed by atoms with E-state index in [1.54, 1.807) is 13.1 Å². The van der Waals surface area contributed by atoms with E-state index in [9.17, 15) is 14.0 Å². The highest BCUT2D eigenvalue weighted by Crippen LogP contribution is 2.23. The Morgan fingerprint density at radius 3 is 2.55 bits per heavy atom. The van der Waals surface area contributed by atoms with Crippen molar-refractivity contribution in [2.45, 2.75) is 32.4 Å². The summed E-state index contributed by atoms with van der Waals surface area (Å²) in [7, 11) is 2.89. The van der Waals surface area contributed by atoms with Crippen molar-refractivity contribution in [1.29, 1.82) is 0 Å². The summed E-state index contributed by atoms with van der Waals surface area (Å²) in [6.07, 6.45) is -0.102. The lowest BCUT2D eigenvalue weighted by molar-refractivity contribution is -0.141. The van der Waals surface area contributed by atoms with Crippen molar-refractivity contribution in [3.63, 3.8) is 0 Å². The lowest BCUT2D eigenvalue weighted by Crippen LogP contribution is -2.43. The van der Waals surface area contributed by atoms with Crippen molar-refractivity contribution in [2.75, 3.05) is 14.2 Å². The van der Waals surface area contributed by atoms with Crippen LogP contribution in [0.4, 0.5) is 9.18 Å². The maximum Gasteiger partial charge on any atom is 0.317 e. The van der Waals surface area contributed by atoms with Gasteiger partial charge in [0, 0.05) is 13.1 Å². The molecule has 122 valence electrons. The number of methoxy groups -OCH3 is 1. The van der Waals surface area contributed by atoms with Crippen molar-refractivity contribution in [1.82, 2.24) is 10.2 Å². The summed E-state index contributed by atoms with van der Waals surface area (Å²) in [5.74, 6) is -1.12. The molecule has 0 aliphatic carbocycles. The molecule has 0 heterocycles. The number of amides is 2. The summed E-state index contributed by atoms with van der Waals surface area (Å²) >= 11 is 5.65. The molecule has 0 aromatic heterocycles. The number of hydrogen-bond donors (Lipinski definition) is 1. The number of carbonyl (C=O) groups is 2. The minimum atomic E-state index is -0.701. The average molecular weight is 331 g/mol. The Labute approximate surface area is 134 Å². The first-order chi connectivity index (χ1) is 10.3.